The van der Waals surface area contributed by atoms with E-state index in [4.69, 9.17) is 0 Å². The van der Waals surface area contributed by atoms with Gasteiger partial charge in [0.15, 0.2) is 0 Å². The second kappa shape index (κ2) is 6.35. The Morgan fingerprint density at radius 2 is 2.16 bits per heavy atom. The summed E-state index contributed by atoms with van der Waals surface area (Å²) in [7, 11) is -1.34. The van der Waals surface area contributed by atoms with Crippen molar-refractivity contribution in [2.45, 2.75) is 26.2 Å². The number of nitrogens with one attached hydrogen (secondary N) is 1. The largest absolute Gasteiger partial charge is 0.319 e. The smallest absolute Gasteiger partial charge is 0.282 e. The maximum absolute atomic E-state index is 12.6. The number of piperidine rings is 1. The van der Waals surface area contributed by atoms with E-state index in [0.29, 0.717) is 32.1 Å². The van der Waals surface area contributed by atoms with Crippen LogP contribution in [0.2, 0.25) is 0 Å². The third-order valence-corrected chi connectivity index (χ3v) is 5.99. The Balaban J connectivity index is 2.03. The van der Waals surface area contributed by atoms with Crippen LogP contribution in [-0.2, 0) is 10.2 Å². The van der Waals surface area contributed by atoms with Gasteiger partial charge in [-0.3, -0.25) is 0 Å². The minimum absolute atomic E-state index is 0.440. The summed E-state index contributed by atoms with van der Waals surface area (Å²) in [5.41, 5.74) is 1.29. The van der Waals surface area contributed by atoms with Crippen molar-refractivity contribution in [1.82, 2.24) is 13.9 Å². The van der Waals surface area contributed by atoms with Gasteiger partial charge < -0.3 is 5.32 Å². The van der Waals surface area contributed by atoms with Crippen molar-refractivity contribution in [3.05, 3.63) is 11.6 Å². The molecule has 1 unspecified atom stereocenters. The molecule has 1 fully saturated rings. The van der Waals surface area contributed by atoms with E-state index in [1.807, 2.05) is 13.1 Å². The van der Waals surface area contributed by atoms with E-state index >= 15 is 0 Å². The summed E-state index contributed by atoms with van der Waals surface area (Å²) >= 11 is 0. The monoisotopic (exact) mass is 287 g/mol. The van der Waals surface area contributed by atoms with Gasteiger partial charge in [0.1, 0.15) is 0 Å². The van der Waals surface area contributed by atoms with Gasteiger partial charge in [-0.15, -0.1) is 0 Å². The van der Waals surface area contributed by atoms with Crippen LogP contribution in [0.25, 0.3) is 0 Å². The quantitative estimate of drug-likeness (QED) is 0.779. The highest BCUT2D eigenvalue weighted by atomic mass is 32.2. The number of nitrogens with zero attached hydrogens (tertiary/aromatic N) is 2. The first-order chi connectivity index (χ1) is 9.04. The molecule has 1 atom stereocenters. The van der Waals surface area contributed by atoms with Gasteiger partial charge in [0.25, 0.3) is 10.2 Å². The van der Waals surface area contributed by atoms with Crippen LogP contribution in [0.3, 0.4) is 0 Å². The standard InChI is InChI=1S/C13H25N3O2S/c1-12-5-8-15(9-6-12)19(17,18)16-7-3-4-13(11-16)10-14-2/h5,13-14H,3-4,6-11H2,1-2H3. The Kier molecular flexibility index (Phi) is 5.00. The van der Waals surface area contributed by atoms with Crippen LogP contribution in [0.1, 0.15) is 26.2 Å². The average molecular weight is 287 g/mol. The fraction of sp³-hybridized carbons (Fsp3) is 0.846. The molecule has 0 radical (unpaired) electrons. The third kappa shape index (κ3) is 3.56. The summed E-state index contributed by atoms with van der Waals surface area (Å²) in [5, 5.41) is 3.15. The lowest BCUT2D eigenvalue weighted by Gasteiger charge is -2.36. The van der Waals surface area contributed by atoms with Gasteiger partial charge in [0, 0.05) is 26.2 Å². The number of hydrogen-bond donors (Lipinski definition) is 1. The van der Waals surface area contributed by atoms with Crippen LogP contribution in [0.5, 0.6) is 0 Å². The first kappa shape index (κ1) is 15.0. The minimum atomic E-state index is -3.27. The molecule has 0 bridgehead atoms. The van der Waals surface area contributed by atoms with Crippen molar-refractivity contribution in [3.63, 3.8) is 0 Å². The molecule has 5 nitrogen and oxygen atoms in total. The highest BCUT2D eigenvalue weighted by molar-refractivity contribution is 7.86. The maximum atomic E-state index is 12.6. The van der Waals surface area contributed by atoms with E-state index in [0.717, 1.165) is 25.8 Å². The first-order valence-corrected chi connectivity index (χ1v) is 8.49. The van der Waals surface area contributed by atoms with E-state index in [9.17, 15) is 8.42 Å². The predicted octanol–water partition coefficient (Wildman–Crippen LogP) is 0.815. The van der Waals surface area contributed by atoms with E-state index in [1.165, 1.54) is 5.57 Å². The van der Waals surface area contributed by atoms with E-state index < -0.39 is 10.2 Å². The van der Waals surface area contributed by atoms with Gasteiger partial charge in [0.05, 0.1) is 0 Å². The van der Waals surface area contributed by atoms with Crippen molar-refractivity contribution < 1.29 is 8.42 Å². The zero-order valence-corrected chi connectivity index (χ0v) is 12.7. The molecular weight excluding hydrogens is 262 g/mol. The molecule has 0 aromatic rings. The molecule has 6 heteroatoms. The van der Waals surface area contributed by atoms with Gasteiger partial charge in [-0.05, 0) is 45.7 Å². The molecule has 2 aliphatic rings. The van der Waals surface area contributed by atoms with Crippen LogP contribution < -0.4 is 5.32 Å². The number of hydrogen-bond acceptors (Lipinski definition) is 3. The first-order valence-electron chi connectivity index (χ1n) is 7.09. The highest BCUT2D eigenvalue weighted by Crippen LogP contribution is 2.22. The van der Waals surface area contributed by atoms with Crippen molar-refractivity contribution in [2.75, 3.05) is 39.8 Å². The summed E-state index contributed by atoms with van der Waals surface area (Å²) < 4.78 is 28.5. The molecule has 2 aliphatic heterocycles. The topological polar surface area (TPSA) is 52.7 Å². The molecule has 2 heterocycles. The normalized spacial score (nSPS) is 27.3. The molecule has 0 aromatic heterocycles. The lowest BCUT2D eigenvalue weighted by atomic mass is 10.00. The predicted molar refractivity (Wildman–Crippen MR) is 77.1 cm³/mol. The molecule has 0 amide bonds. The second-order valence-electron chi connectivity index (χ2n) is 5.59. The van der Waals surface area contributed by atoms with Crippen molar-refractivity contribution in [1.29, 1.82) is 0 Å². The summed E-state index contributed by atoms with van der Waals surface area (Å²) in [6.07, 6.45) is 4.96. The Bertz CT molecular complexity index is 431. The molecule has 0 spiro atoms. The zero-order chi connectivity index (χ0) is 13.9. The Morgan fingerprint density at radius 1 is 1.37 bits per heavy atom. The third-order valence-electron chi connectivity index (χ3n) is 4.03. The zero-order valence-electron chi connectivity index (χ0n) is 11.9. The SMILES string of the molecule is CNCC1CCCN(S(=O)(=O)N2CC=C(C)CC2)C1. The lowest BCUT2D eigenvalue weighted by molar-refractivity contribution is 0.246. The minimum Gasteiger partial charge on any atom is -0.319 e. The summed E-state index contributed by atoms with van der Waals surface area (Å²) in [4.78, 5) is 0. The molecule has 19 heavy (non-hydrogen) atoms. The average Bonchev–Trinajstić information content (AvgIpc) is 2.40. The van der Waals surface area contributed by atoms with Crippen molar-refractivity contribution >= 4 is 10.2 Å². The maximum Gasteiger partial charge on any atom is 0.282 e. The summed E-state index contributed by atoms with van der Waals surface area (Å²) in [6.45, 7) is 5.43. The van der Waals surface area contributed by atoms with E-state index in [1.54, 1.807) is 8.61 Å². The Hall–Kier alpha value is -0.430. The van der Waals surface area contributed by atoms with Crippen LogP contribution in [-0.4, -0.2) is 56.8 Å². The van der Waals surface area contributed by atoms with E-state index in [-0.39, 0.29) is 0 Å². The highest BCUT2D eigenvalue weighted by Gasteiger charge is 2.33. The van der Waals surface area contributed by atoms with Crippen LogP contribution in [0.4, 0.5) is 0 Å². The molecule has 1 N–H and O–H groups in total. The molecular formula is C13H25N3O2S. The van der Waals surface area contributed by atoms with Crippen LogP contribution in [0.15, 0.2) is 11.6 Å². The van der Waals surface area contributed by atoms with Crippen molar-refractivity contribution in [2.24, 2.45) is 5.92 Å². The van der Waals surface area contributed by atoms with Crippen LogP contribution >= 0.6 is 0 Å². The molecule has 110 valence electrons. The van der Waals surface area contributed by atoms with E-state index in [2.05, 4.69) is 12.2 Å². The van der Waals surface area contributed by atoms with Gasteiger partial charge in [-0.25, -0.2) is 0 Å². The van der Waals surface area contributed by atoms with Crippen molar-refractivity contribution in [3.8, 4) is 0 Å². The van der Waals surface area contributed by atoms with Gasteiger partial charge in [-0.1, -0.05) is 11.6 Å². The Labute approximate surface area is 116 Å². The summed E-state index contributed by atoms with van der Waals surface area (Å²) in [5.74, 6) is 0.440. The fourth-order valence-corrected chi connectivity index (χ4v) is 4.49. The Morgan fingerprint density at radius 3 is 2.79 bits per heavy atom. The van der Waals surface area contributed by atoms with Crippen LogP contribution in [0, 0.1) is 5.92 Å². The molecule has 0 aromatic carbocycles. The van der Waals surface area contributed by atoms with Gasteiger partial charge in [0.2, 0.25) is 0 Å². The van der Waals surface area contributed by atoms with Gasteiger partial charge >= 0.3 is 0 Å². The molecule has 2 rings (SSSR count). The second-order valence-corrected chi connectivity index (χ2v) is 7.52. The fourth-order valence-electron chi connectivity index (χ4n) is 2.82. The molecule has 1 saturated heterocycles. The molecule has 0 aliphatic carbocycles. The van der Waals surface area contributed by atoms with Gasteiger partial charge in [-0.2, -0.15) is 17.0 Å². The molecule has 0 saturated carbocycles. The lowest BCUT2D eigenvalue weighted by Crippen LogP contribution is -2.50. The number of rotatable bonds is 4. The summed E-state index contributed by atoms with van der Waals surface area (Å²) in [6, 6.07) is 0.